The molecule has 1 atom stereocenters. The van der Waals surface area contributed by atoms with Gasteiger partial charge in [0.1, 0.15) is 11.6 Å². The first-order chi connectivity index (χ1) is 11.8. The molecule has 0 radical (unpaired) electrons. The number of carbonyl (C=O) groups is 2. The molecule has 5 nitrogen and oxygen atoms in total. The highest BCUT2D eigenvalue weighted by Gasteiger charge is 2.18. The quantitative estimate of drug-likeness (QED) is 0.761. The normalized spacial score (nSPS) is 11.6. The molecule has 0 fully saturated rings. The number of nitrogens with one attached hydrogen (secondary N) is 2. The average molecular weight is 409 g/mol. The Hall–Kier alpha value is -2.41. The van der Waals surface area contributed by atoms with Crippen LogP contribution in [0.3, 0.4) is 0 Å². The fourth-order valence-corrected chi connectivity index (χ4v) is 2.48. The molecule has 2 amide bonds. The molecule has 7 heteroatoms. The molecule has 0 saturated heterocycles. The van der Waals surface area contributed by atoms with Crippen LogP contribution in [0.4, 0.5) is 4.39 Å². The highest BCUT2D eigenvalue weighted by molar-refractivity contribution is 9.10. The predicted molar refractivity (Wildman–Crippen MR) is 95.7 cm³/mol. The number of hydrogen-bond donors (Lipinski definition) is 2. The summed E-state index contributed by atoms with van der Waals surface area (Å²) in [4.78, 5) is 24.1. The average Bonchev–Trinajstić information content (AvgIpc) is 2.58. The molecule has 2 rings (SSSR count). The summed E-state index contributed by atoms with van der Waals surface area (Å²) in [5.41, 5.74) is 6.58. The summed E-state index contributed by atoms with van der Waals surface area (Å²) in [7, 11) is 0. The van der Waals surface area contributed by atoms with Crippen molar-refractivity contribution in [2.75, 3.05) is 0 Å². The Morgan fingerprint density at radius 2 is 1.88 bits per heavy atom. The molecule has 2 N–H and O–H groups in total. The van der Waals surface area contributed by atoms with Gasteiger partial charge in [-0.05, 0) is 72.1 Å². The first-order valence-electron chi connectivity index (χ1n) is 7.57. The van der Waals surface area contributed by atoms with Gasteiger partial charge < -0.3 is 4.74 Å². The number of rotatable bonds is 4. The van der Waals surface area contributed by atoms with Gasteiger partial charge in [-0.1, -0.05) is 12.1 Å². The number of benzene rings is 2. The van der Waals surface area contributed by atoms with Crippen LogP contribution in [-0.4, -0.2) is 17.9 Å². The van der Waals surface area contributed by atoms with Gasteiger partial charge in [-0.3, -0.25) is 20.4 Å². The molecule has 0 bridgehead atoms. The predicted octanol–water partition coefficient (Wildman–Crippen LogP) is 3.43. The van der Waals surface area contributed by atoms with Crippen molar-refractivity contribution >= 4 is 27.7 Å². The van der Waals surface area contributed by atoms with Crippen molar-refractivity contribution < 1.29 is 18.7 Å². The SMILES string of the molecule is Cc1cccc(O[C@@H](C)C(=O)NNC(=O)c2cc(F)ccc2Br)c1C. The number of hydrogen-bond acceptors (Lipinski definition) is 3. The summed E-state index contributed by atoms with van der Waals surface area (Å²) >= 11 is 3.16. The maximum absolute atomic E-state index is 13.2. The highest BCUT2D eigenvalue weighted by atomic mass is 79.9. The van der Waals surface area contributed by atoms with Crippen LogP contribution in [-0.2, 0) is 4.79 Å². The Bertz CT molecular complexity index is 811. The second-order valence-electron chi connectivity index (χ2n) is 5.53. The number of hydrazine groups is 1. The molecule has 25 heavy (non-hydrogen) atoms. The van der Waals surface area contributed by atoms with Gasteiger partial charge in [0.05, 0.1) is 5.56 Å². The van der Waals surface area contributed by atoms with Crippen molar-refractivity contribution in [1.29, 1.82) is 0 Å². The lowest BCUT2D eigenvalue weighted by Crippen LogP contribution is -2.47. The molecule has 0 aliphatic carbocycles. The number of amides is 2. The highest BCUT2D eigenvalue weighted by Crippen LogP contribution is 2.21. The van der Waals surface area contributed by atoms with E-state index in [0.717, 1.165) is 17.2 Å². The Morgan fingerprint density at radius 1 is 1.16 bits per heavy atom. The van der Waals surface area contributed by atoms with Gasteiger partial charge in [-0.2, -0.15) is 0 Å². The van der Waals surface area contributed by atoms with E-state index >= 15 is 0 Å². The Balaban J connectivity index is 1.96. The summed E-state index contributed by atoms with van der Waals surface area (Å²) in [6.07, 6.45) is -0.822. The Morgan fingerprint density at radius 3 is 2.60 bits per heavy atom. The van der Waals surface area contributed by atoms with Crippen LogP contribution >= 0.6 is 15.9 Å². The van der Waals surface area contributed by atoms with Crippen molar-refractivity contribution in [1.82, 2.24) is 10.9 Å². The van der Waals surface area contributed by atoms with E-state index in [0.29, 0.717) is 10.2 Å². The van der Waals surface area contributed by atoms with Crippen molar-refractivity contribution in [2.24, 2.45) is 0 Å². The van der Waals surface area contributed by atoms with Crippen LogP contribution in [0.5, 0.6) is 5.75 Å². The minimum absolute atomic E-state index is 0.0726. The molecule has 0 aromatic heterocycles. The van der Waals surface area contributed by atoms with Crippen LogP contribution in [0.1, 0.15) is 28.4 Å². The van der Waals surface area contributed by atoms with Crippen LogP contribution in [0.25, 0.3) is 0 Å². The molecule has 2 aromatic carbocycles. The summed E-state index contributed by atoms with van der Waals surface area (Å²) in [6.45, 7) is 5.42. The first kappa shape index (κ1) is 18.9. The topological polar surface area (TPSA) is 67.4 Å². The molecule has 2 aromatic rings. The summed E-state index contributed by atoms with van der Waals surface area (Å²) in [6, 6.07) is 9.27. The monoisotopic (exact) mass is 408 g/mol. The zero-order valence-corrected chi connectivity index (χ0v) is 15.6. The van der Waals surface area contributed by atoms with Gasteiger partial charge in [0.2, 0.25) is 0 Å². The van der Waals surface area contributed by atoms with Gasteiger partial charge in [-0.25, -0.2) is 4.39 Å². The number of aryl methyl sites for hydroxylation is 1. The number of halogens is 2. The lowest BCUT2D eigenvalue weighted by Gasteiger charge is -2.17. The Labute approximate surface area is 153 Å². The van der Waals surface area contributed by atoms with E-state index in [1.807, 2.05) is 26.0 Å². The van der Waals surface area contributed by atoms with Crippen LogP contribution in [0.2, 0.25) is 0 Å². The van der Waals surface area contributed by atoms with Crippen molar-refractivity contribution in [3.05, 3.63) is 63.4 Å². The van der Waals surface area contributed by atoms with E-state index < -0.39 is 23.7 Å². The number of carbonyl (C=O) groups excluding carboxylic acids is 2. The molecule has 0 heterocycles. The fourth-order valence-electron chi connectivity index (χ4n) is 2.05. The van der Waals surface area contributed by atoms with Crippen LogP contribution in [0, 0.1) is 19.7 Å². The maximum Gasteiger partial charge on any atom is 0.279 e. The van der Waals surface area contributed by atoms with Crippen molar-refractivity contribution in [3.63, 3.8) is 0 Å². The largest absolute Gasteiger partial charge is 0.481 e. The van der Waals surface area contributed by atoms with E-state index in [2.05, 4.69) is 26.8 Å². The van der Waals surface area contributed by atoms with Gasteiger partial charge >= 0.3 is 0 Å². The van der Waals surface area contributed by atoms with E-state index in [4.69, 9.17) is 4.74 Å². The van der Waals surface area contributed by atoms with Crippen LogP contribution < -0.4 is 15.6 Å². The van der Waals surface area contributed by atoms with E-state index in [-0.39, 0.29) is 5.56 Å². The number of ether oxygens (including phenoxy) is 1. The van der Waals surface area contributed by atoms with E-state index in [9.17, 15) is 14.0 Å². The first-order valence-corrected chi connectivity index (χ1v) is 8.37. The van der Waals surface area contributed by atoms with Gasteiger partial charge in [0, 0.05) is 4.47 Å². The van der Waals surface area contributed by atoms with E-state index in [1.165, 1.54) is 12.1 Å². The Kier molecular flexibility index (Phi) is 6.14. The zero-order valence-electron chi connectivity index (χ0n) is 14.0. The second-order valence-corrected chi connectivity index (χ2v) is 6.38. The zero-order chi connectivity index (χ0) is 18.6. The second kappa shape index (κ2) is 8.11. The van der Waals surface area contributed by atoms with Gasteiger partial charge in [-0.15, -0.1) is 0 Å². The molecule has 132 valence electrons. The molecule has 0 unspecified atom stereocenters. The minimum Gasteiger partial charge on any atom is -0.481 e. The lowest BCUT2D eigenvalue weighted by molar-refractivity contribution is -0.128. The van der Waals surface area contributed by atoms with Crippen molar-refractivity contribution in [2.45, 2.75) is 26.9 Å². The lowest BCUT2D eigenvalue weighted by atomic mass is 10.1. The maximum atomic E-state index is 13.2. The molecule has 0 spiro atoms. The van der Waals surface area contributed by atoms with Gasteiger partial charge in [0.15, 0.2) is 6.10 Å². The third-order valence-corrected chi connectivity index (χ3v) is 4.39. The van der Waals surface area contributed by atoms with Gasteiger partial charge in [0.25, 0.3) is 11.8 Å². The standard InChI is InChI=1S/C18H18BrFN2O3/c1-10-5-4-6-16(11(10)2)25-12(3)17(23)21-22-18(24)14-9-13(20)7-8-15(14)19/h4-9,12H,1-3H3,(H,21,23)(H,22,24)/t12-/m0/s1. The third-order valence-electron chi connectivity index (χ3n) is 3.70. The van der Waals surface area contributed by atoms with E-state index in [1.54, 1.807) is 13.0 Å². The van der Waals surface area contributed by atoms with Crippen molar-refractivity contribution in [3.8, 4) is 5.75 Å². The molecule has 0 saturated carbocycles. The molecular formula is C18H18BrFN2O3. The molecule has 0 aliphatic rings. The minimum atomic E-state index is -0.822. The third kappa shape index (κ3) is 4.79. The van der Waals surface area contributed by atoms with Crippen LogP contribution in [0.15, 0.2) is 40.9 Å². The fraction of sp³-hybridized carbons (Fsp3) is 0.222. The summed E-state index contributed by atoms with van der Waals surface area (Å²) in [5, 5.41) is 0. The smallest absolute Gasteiger partial charge is 0.279 e. The summed E-state index contributed by atoms with van der Waals surface area (Å²) in [5.74, 6) is -1.12. The molecular weight excluding hydrogens is 391 g/mol. The summed E-state index contributed by atoms with van der Waals surface area (Å²) < 4.78 is 19.3. The molecule has 0 aliphatic heterocycles.